The number of aromatic hydroxyl groups is 1. The summed E-state index contributed by atoms with van der Waals surface area (Å²) in [6.07, 6.45) is 1.41. The quantitative estimate of drug-likeness (QED) is 0.255. The van der Waals surface area contributed by atoms with Gasteiger partial charge in [-0.25, -0.2) is 0 Å². The van der Waals surface area contributed by atoms with Crippen LogP contribution >= 0.6 is 0 Å². The number of phenols is 1. The van der Waals surface area contributed by atoms with Crippen molar-refractivity contribution < 1.29 is 34.1 Å². The Morgan fingerprint density at radius 2 is 1.77 bits per heavy atom. The number of hydrogen-bond acceptors (Lipinski definition) is 8. The summed E-state index contributed by atoms with van der Waals surface area (Å²) in [7, 11) is 0. The first-order chi connectivity index (χ1) is 14.9. The lowest BCUT2D eigenvalue weighted by atomic mass is 9.95. The first-order valence-corrected chi connectivity index (χ1v) is 10.5. The van der Waals surface area contributed by atoms with Crippen LogP contribution in [0.4, 0.5) is 0 Å². The number of aliphatic hydroxyl groups excluding tert-OH is 1. The van der Waals surface area contributed by atoms with Gasteiger partial charge in [0.05, 0.1) is 38.4 Å². The molecule has 1 aromatic rings. The summed E-state index contributed by atoms with van der Waals surface area (Å²) < 4.78 is 10.5. The molecule has 5 N–H and O–H groups in total. The minimum absolute atomic E-state index is 0.0575. The number of hydrogen-bond donors (Lipinski definition) is 4. The number of ether oxygens (including phenoxy) is 2. The van der Waals surface area contributed by atoms with Crippen LogP contribution in [0.3, 0.4) is 0 Å². The number of carbonyl (C=O) groups is 3. The first kappa shape index (κ1) is 26.7. The molecule has 0 fully saturated rings. The highest BCUT2D eigenvalue weighted by Gasteiger charge is 2.24. The number of ketones is 2. The Bertz CT molecular complexity index is 679. The highest BCUT2D eigenvalue weighted by molar-refractivity contribution is 5.89. The molecule has 0 aliphatic heterocycles. The van der Waals surface area contributed by atoms with Crippen LogP contribution in [0.1, 0.15) is 31.7 Å². The normalized spacial score (nSPS) is 12.9. The lowest BCUT2D eigenvalue weighted by Gasteiger charge is -2.17. The fourth-order valence-electron chi connectivity index (χ4n) is 2.78. The van der Waals surface area contributed by atoms with E-state index < -0.39 is 24.5 Å². The van der Waals surface area contributed by atoms with Gasteiger partial charge in [0.2, 0.25) is 5.91 Å². The van der Waals surface area contributed by atoms with Gasteiger partial charge in [0.25, 0.3) is 0 Å². The van der Waals surface area contributed by atoms with E-state index in [0.717, 1.165) is 12.0 Å². The van der Waals surface area contributed by atoms with Crippen molar-refractivity contribution in [3.63, 3.8) is 0 Å². The maximum absolute atomic E-state index is 12.3. The summed E-state index contributed by atoms with van der Waals surface area (Å²) in [6, 6.07) is 5.56. The Kier molecular flexibility index (Phi) is 13.3. The van der Waals surface area contributed by atoms with E-state index in [1.54, 1.807) is 12.1 Å². The van der Waals surface area contributed by atoms with Gasteiger partial charge in [0.15, 0.2) is 11.6 Å². The largest absolute Gasteiger partial charge is 0.508 e. The lowest BCUT2D eigenvalue weighted by molar-refractivity contribution is -0.131. The predicted molar refractivity (Wildman–Crippen MR) is 115 cm³/mol. The summed E-state index contributed by atoms with van der Waals surface area (Å²) in [5, 5.41) is 21.4. The number of aliphatic hydroxyl groups is 1. The maximum atomic E-state index is 12.3. The molecule has 31 heavy (non-hydrogen) atoms. The van der Waals surface area contributed by atoms with E-state index in [0.29, 0.717) is 13.0 Å². The second-order valence-corrected chi connectivity index (χ2v) is 7.27. The topological polar surface area (TPSA) is 148 Å². The van der Waals surface area contributed by atoms with Crippen molar-refractivity contribution in [3.8, 4) is 5.75 Å². The minimum atomic E-state index is -0.883. The van der Waals surface area contributed by atoms with Crippen LogP contribution in [0.5, 0.6) is 5.75 Å². The highest BCUT2D eigenvalue weighted by Crippen LogP contribution is 2.13. The third-order valence-electron chi connectivity index (χ3n) is 4.55. The van der Waals surface area contributed by atoms with E-state index in [1.165, 1.54) is 12.1 Å². The van der Waals surface area contributed by atoms with Crippen LogP contribution in [0.15, 0.2) is 24.3 Å². The Morgan fingerprint density at radius 1 is 1.10 bits per heavy atom. The van der Waals surface area contributed by atoms with E-state index >= 15 is 0 Å². The van der Waals surface area contributed by atoms with Gasteiger partial charge in [-0.1, -0.05) is 19.1 Å². The van der Waals surface area contributed by atoms with Crippen LogP contribution in [0.2, 0.25) is 0 Å². The van der Waals surface area contributed by atoms with E-state index in [4.69, 9.17) is 15.2 Å². The summed E-state index contributed by atoms with van der Waals surface area (Å²) >= 11 is 0. The van der Waals surface area contributed by atoms with Gasteiger partial charge < -0.3 is 30.7 Å². The van der Waals surface area contributed by atoms with Gasteiger partial charge in [-0.15, -0.1) is 0 Å². The molecule has 0 bridgehead atoms. The monoisotopic (exact) mass is 438 g/mol. The van der Waals surface area contributed by atoms with Crippen molar-refractivity contribution in [2.75, 3.05) is 39.6 Å². The zero-order valence-electron chi connectivity index (χ0n) is 18.0. The highest BCUT2D eigenvalue weighted by atomic mass is 16.5. The molecule has 0 aliphatic rings. The van der Waals surface area contributed by atoms with Gasteiger partial charge in [-0.2, -0.15) is 0 Å². The number of benzene rings is 1. The molecule has 1 rings (SSSR count). The fraction of sp³-hybridized carbons (Fsp3) is 0.591. The van der Waals surface area contributed by atoms with Gasteiger partial charge >= 0.3 is 0 Å². The average molecular weight is 439 g/mol. The summed E-state index contributed by atoms with van der Waals surface area (Å²) in [6.45, 7) is 2.58. The zero-order valence-corrected chi connectivity index (χ0v) is 18.0. The van der Waals surface area contributed by atoms with Crippen molar-refractivity contribution >= 4 is 17.5 Å². The molecule has 0 unspecified atom stereocenters. The Hall–Kier alpha value is -2.33. The SMILES string of the molecule is CCCC(=O)COCCOCCNC(=O)[C@H](CO)CC(=O)[C@@H](N)Cc1ccc(O)cc1. The smallest absolute Gasteiger partial charge is 0.225 e. The second kappa shape index (κ2) is 15.5. The Balaban J connectivity index is 2.23. The molecule has 0 saturated carbocycles. The molecule has 0 saturated heterocycles. The maximum Gasteiger partial charge on any atom is 0.225 e. The molecular weight excluding hydrogens is 404 g/mol. The van der Waals surface area contributed by atoms with Gasteiger partial charge in [-0.05, 0) is 30.5 Å². The molecule has 0 heterocycles. The second-order valence-electron chi connectivity index (χ2n) is 7.27. The van der Waals surface area contributed by atoms with Gasteiger partial charge in [0, 0.05) is 19.4 Å². The third-order valence-corrected chi connectivity index (χ3v) is 4.55. The number of amides is 1. The van der Waals surface area contributed by atoms with E-state index in [2.05, 4.69) is 5.32 Å². The van der Waals surface area contributed by atoms with Gasteiger partial charge in [-0.3, -0.25) is 14.4 Å². The summed E-state index contributed by atoms with van der Waals surface area (Å²) in [4.78, 5) is 35.8. The van der Waals surface area contributed by atoms with Crippen LogP contribution < -0.4 is 11.1 Å². The van der Waals surface area contributed by atoms with Crippen LogP contribution in [-0.4, -0.2) is 73.3 Å². The molecule has 174 valence electrons. The van der Waals surface area contributed by atoms with E-state index in [9.17, 15) is 24.6 Å². The molecule has 2 atom stereocenters. The molecule has 1 aromatic carbocycles. The van der Waals surface area contributed by atoms with Gasteiger partial charge in [0.1, 0.15) is 12.4 Å². The number of phenolic OH excluding ortho intramolecular Hbond substituents is 1. The van der Waals surface area contributed by atoms with Crippen LogP contribution in [0, 0.1) is 5.92 Å². The molecular formula is C22H34N2O7. The van der Waals surface area contributed by atoms with Crippen LogP contribution in [-0.2, 0) is 30.3 Å². The number of Topliss-reactive ketones (excluding diaryl/α,β-unsaturated/α-hetero) is 2. The molecule has 0 spiro atoms. The van der Waals surface area contributed by atoms with Crippen LogP contribution in [0.25, 0.3) is 0 Å². The Labute approximate surface area is 182 Å². The number of rotatable bonds is 17. The molecule has 0 aliphatic carbocycles. The fourth-order valence-corrected chi connectivity index (χ4v) is 2.78. The number of nitrogens with two attached hydrogens (primary N) is 1. The standard InChI is InChI=1S/C22H34N2O7/c1-2-3-19(27)15-31-11-10-30-9-8-24-22(29)17(14-25)13-21(28)20(23)12-16-4-6-18(26)7-5-16/h4-7,17,20,25-26H,2-3,8-15,23H2,1H3,(H,24,29)/t17-,20-/m0/s1. The molecule has 0 aromatic heterocycles. The zero-order chi connectivity index (χ0) is 23.1. The third kappa shape index (κ3) is 11.6. The summed E-state index contributed by atoms with van der Waals surface area (Å²) in [5.74, 6) is -1.47. The van der Waals surface area contributed by atoms with E-state index in [-0.39, 0.29) is 56.5 Å². The van der Waals surface area contributed by atoms with E-state index in [1.807, 2.05) is 6.92 Å². The van der Waals surface area contributed by atoms with Crippen molar-refractivity contribution in [1.82, 2.24) is 5.32 Å². The van der Waals surface area contributed by atoms with Crippen molar-refractivity contribution in [2.24, 2.45) is 11.7 Å². The predicted octanol–water partition coefficient (Wildman–Crippen LogP) is 0.348. The molecule has 9 heteroatoms. The molecule has 9 nitrogen and oxygen atoms in total. The number of nitrogens with one attached hydrogen (secondary N) is 1. The minimum Gasteiger partial charge on any atom is -0.508 e. The van der Waals surface area contributed by atoms with Crippen molar-refractivity contribution in [3.05, 3.63) is 29.8 Å². The lowest BCUT2D eigenvalue weighted by Crippen LogP contribution is -2.40. The summed E-state index contributed by atoms with van der Waals surface area (Å²) in [5.41, 5.74) is 6.72. The molecule has 1 amide bonds. The average Bonchev–Trinajstić information content (AvgIpc) is 2.75. The van der Waals surface area contributed by atoms with Crippen molar-refractivity contribution in [1.29, 1.82) is 0 Å². The molecule has 0 radical (unpaired) electrons. The number of carbonyl (C=O) groups excluding carboxylic acids is 3. The Morgan fingerprint density at radius 3 is 2.42 bits per heavy atom. The van der Waals surface area contributed by atoms with Crippen molar-refractivity contribution in [2.45, 2.75) is 38.6 Å². The first-order valence-electron chi connectivity index (χ1n) is 10.5.